The molecule has 2 rings (SSSR count). The van der Waals surface area contributed by atoms with E-state index in [0.29, 0.717) is 12.1 Å². The summed E-state index contributed by atoms with van der Waals surface area (Å²) >= 11 is 0. The quantitative estimate of drug-likeness (QED) is 0.801. The topological polar surface area (TPSA) is 24.5 Å². The van der Waals surface area contributed by atoms with Gasteiger partial charge >= 0.3 is 0 Å². The minimum Gasteiger partial charge on any atom is -0.378 e. The fourth-order valence-electron chi connectivity index (χ4n) is 3.57. The highest BCUT2D eigenvalue weighted by Gasteiger charge is 2.27. The summed E-state index contributed by atoms with van der Waals surface area (Å²) in [5.41, 5.74) is 0. The van der Waals surface area contributed by atoms with E-state index in [0.717, 1.165) is 25.0 Å². The van der Waals surface area contributed by atoms with Crippen molar-refractivity contribution in [2.75, 3.05) is 32.8 Å². The molecule has 0 bridgehead atoms. The van der Waals surface area contributed by atoms with Gasteiger partial charge in [-0.15, -0.1) is 0 Å². The number of nitrogens with zero attached hydrogens (tertiary/aromatic N) is 1. The van der Waals surface area contributed by atoms with Crippen LogP contribution in [0.1, 0.15) is 46.5 Å². The van der Waals surface area contributed by atoms with Crippen LogP contribution in [0.4, 0.5) is 0 Å². The molecule has 4 atom stereocenters. The van der Waals surface area contributed by atoms with Gasteiger partial charge in [0.1, 0.15) is 0 Å². The third-order valence-corrected chi connectivity index (χ3v) is 5.02. The van der Waals surface area contributed by atoms with Gasteiger partial charge in [-0.2, -0.15) is 0 Å². The molecule has 2 fully saturated rings. The van der Waals surface area contributed by atoms with Crippen LogP contribution in [0.2, 0.25) is 0 Å². The molecule has 0 aromatic carbocycles. The molecule has 0 radical (unpaired) electrons. The standard InChI is InChI=1S/C16H32N2O/c1-4-8-18-9-5-6-16(12-18)13(2)17-11-15-7-10-19-14(15)3/h13-17H,4-12H2,1-3H3. The summed E-state index contributed by atoms with van der Waals surface area (Å²) in [4.78, 5) is 2.65. The molecule has 3 heteroatoms. The fraction of sp³-hybridized carbons (Fsp3) is 1.00. The minimum absolute atomic E-state index is 0.447. The van der Waals surface area contributed by atoms with Gasteiger partial charge in [-0.3, -0.25) is 0 Å². The average molecular weight is 268 g/mol. The summed E-state index contributed by atoms with van der Waals surface area (Å²) < 4.78 is 5.64. The lowest BCUT2D eigenvalue weighted by Gasteiger charge is -2.36. The lowest BCUT2D eigenvalue weighted by atomic mass is 9.91. The Hall–Kier alpha value is -0.120. The van der Waals surface area contributed by atoms with Gasteiger partial charge < -0.3 is 15.0 Å². The first-order valence-electron chi connectivity index (χ1n) is 8.28. The summed E-state index contributed by atoms with van der Waals surface area (Å²) in [6.45, 7) is 12.8. The first-order valence-corrected chi connectivity index (χ1v) is 8.28. The van der Waals surface area contributed by atoms with Crippen LogP contribution in [0.5, 0.6) is 0 Å². The van der Waals surface area contributed by atoms with E-state index in [2.05, 4.69) is 31.0 Å². The van der Waals surface area contributed by atoms with Crippen molar-refractivity contribution in [1.29, 1.82) is 0 Å². The zero-order chi connectivity index (χ0) is 13.7. The minimum atomic E-state index is 0.447. The third kappa shape index (κ3) is 4.44. The van der Waals surface area contributed by atoms with Gasteiger partial charge in [0.2, 0.25) is 0 Å². The normalized spacial score (nSPS) is 34.6. The van der Waals surface area contributed by atoms with E-state index in [1.165, 1.54) is 45.3 Å². The predicted octanol–water partition coefficient (Wildman–Crippen LogP) is 2.51. The van der Waals surface area contributed by atoms with Crippen molar-refractivity contribution in [3.63, 3.8) is 0 Å². The number of ether oxygens (including phenoxy) is 1. The van der Waals surface area contributed by atoms with Crippen LogP contribution < -0.4 is 5.32 Å². The van der Waals surface area contributed by atoms with E-state index < -0.39 is 0 Å². The highest BCUT2D eigenvalue weighted by molar-refractivity contribution is 4.82. The number of piperidine rings is 1. The highest BCUT2D eigenvalue weighted by atomic mass is 16.5. The fourth-order valence-corrected chi connectivity index (χ4v) is 3.57. The van der Waals surface area contributed by atoms with Gasteiger partial charge in [-0.05, 0) is 64.5 Å². The highest BCUT2D eigenvalue weighted by Crippen LogP contribution is 2.22. The Kier molecular flexibility index (Phi) is 6.11. The molecule has 1 N–H and O–H groups in total. The number of hydrogen-bond acceptors (Lipinski definition) is 3. The summed E-state index contributed by atoms with van der Waals surface area (Å²) in [7, 11) is 0. The second-order valence-electron chi connectivity index (χ2n) is 6.52. The molecule has 4 unspecified atom stereocenters. The Labute approximate surface area is 119 Å². The van der Waals surface area contributed by atoms with Crippen molar-refractivity contribution >= 4 is 0 Å². The van der Waals surface area contributed by atoms with E-state index in [4.69, 9.17) is 4.74 Å². The summed E-state index contributed by atoms with van der Waals surface area (Å²) in [6, 6.07) is 0.646. The zero-order valence-electron chi connectivity index (χ0n) is 13.0. The van der Waals surface area contributed by atoms with Crippen molar-refractivity contribution in [2.45, 2.75) is 58.6 Å². The Morgan fingerprint density at radius 1 is 1.37 bits per heavy atom. The molecule has 0 saturated carbocycles. The summed E-state index contributed by atoms with van der Waals surface area (Å²) in [6.07, 6.45) is 5.73. The maximum Gasteiger partial charge on any atom is 0.0588 e. The van der Waals surface area contributed by atoms with E-state index >= 15 is 0 Å². The Balaban J connectivity index is 1.71. The summed E-state index contributed by atoms with van der Waals surface area (Å²) in [5.74, 6) is 1.55. The van der Waals surface area contributed by atoms with E-state index in [-0.39, 0.29) is 0 Å². The Morgan fingerprint density at radius 3 is 2.89 bits per heavy atom. The molecular weight excluding hydrogens is 236 g/mol. The summed E-state index contributed by atoms with van der Waals surface area (Å²) in [5, 5.41) is 3.78. The van der Waals surface area contributed by atoms with Crippen molar-refractivity contribution in [3.8, 4) is 0 Å². The molecular formula is C16H32N2O. The molecule has 2 aliphatic heterocycles. The van der Waals surface area contributed by atoms with Crippen LogP contribution in [0.3, 0.4) is 0 Å². The number of nitrogens with one attached hydrogen (secondary N) is 1. The smallest absolute Gasteiger partial charge is 0.0588 e. The van der Waals surface area contributed by atoms with Crippen molar-refractivity contribution in [2.24, 2.45) is 11.8 Å². The molecule has 112 valence electrons. The van der Waals surface area contributed by atoms with Crippen molar-refractivity contribution < 1.29 is 4.74 Å². The number of hydrogen-bond donors (Lipinski definition) is 1. The molecule has 0 aliphatic carbocycles. The second kappa shape index (κ2) is 7.61. The maximum atomic E-state index is 5.64. The predicted molar refractivity (Wildman–Crippen MR) is 80.4 cm³/mol. The molecule has 0 spiro atoms. The van der Waals surface area contributed by atoms with Gasteiger partial charge in [0.25, 0.3) is 0 Å². The number of likely N-dealkylation sites (tertiary alicyclic amines) is 1. The van der Waals surface area contributed by atoms with Crippen LogP contribution in [0, 0.1) is 11.8 Å². The van der Waals surface area contributed by atoms with E-state index in [1.807, 2.05) is 0 Å². The van der Waals surface area contributed by atoms with Crippen LogP contribution in [0.15, 0.2) is 0 Å². The van der Waals surface area contributed by atoms with Crippen LogP contribution in [-0.2, 0) is 4.74 Å². The lowest BCUT2D eigenvalue weighted by molar-refractivity contribution is 0.102. The molecule has 0 amide bonds. The van der Waals surface area contributed by atoms with Crippen molar-refractivity contribution in [3.05, 3.63) is 0 Å². The van der Waals surface area contributed by atoms with Gasteiger partial charge in [-0.25, -0.2) is 0 Å². The SMILES string of the molecule is CCCN1CCCC(C(C)NCC2CCOC2C)C1. The first-order chi connectivity index (χ1) is 9.20. The molecule has 19 heavy (non-hydrogen) atoms. The third-order valence-electron chi connectivity index (χ3n) is 5.02. The first kappa shape index (κ1) is 15.3. The monoisotopic (exact) mass is 268 g/mol. The van der Waals surface area contributed by atoms with Gasteiger partial charge in [0.05, 0.1) is 6.10 Å². The second-order valence-corrected chi connectivity index (χ2v) is 6.52. The molecule has 2 heterocycles. The van der Waals surface area contributed by atoms with E-state index in [9.17, 15) is 0 Å². The maximum absolute atomic E-state index is 5.64. The molecule has 0 aromatic heterocycles. The van der Waals surface area contributed by atoms with Gasteiger partial charge in [0.15, 0.2) is 0 Å². The number of rotatable bonds is 6. The Bertz CT molecular complexity index is 257. The van der Waals surface area contributed by atoms with Crippen LogP contribution >= 0.6 is 0 Å². The zero-order valence-corrected chi connectivity index (χ0v) is 13.0. The molecule has 2 saturated heterocycles. The Morgan fingerprint density at radius 2 is 2.21 bits per heavy atom. The largest absolute Gasteiger partial charge is 0.378 e. The van der Waals surface area contributed by atoms with Crippen molar-refractivity contribution in [1.82, 2.24) is 10.2 Å². The molecule has 0 aromatic rings. The van der Waals surface area contributed by atoms with Gasteiger partial charge in [0, 0.05) is 25.7 Å². The molecule has 3 nitrogen and oxygen atoms in total. The van der Waals surface area contributed by atoms with E-state index in [1.54, 1.807) is 0 Å². The van der Waals surface area contributed by atoms with Crippen LogP contribution in [0.25, 0.3) is 0 Å². The molecule has 2 aliphatic rings. The lowest BCUT2D eigenvalue weighted by Crippen LogP contribution is -2.46. The van der Waals surface area contributed by atoms with Gasteiger partial charge in [-0.1, -0.05) is 6.92 Å². The van der Waals surface area contributed by atoms with Crippen LogP contribution in [-0.4, -0.2) is 49.8 Å². The average Bonchev–Trinajstić information content (AvgIpc) is 2.82.